The third-order valence-electron chi connectivity index (χ3n) is 5.09. The highest BCUT2D eigenvalue weighted by Gasteiger charge is 2.28. The standard InChI is InChI=1S/C20H25N3O4S2/c1-12-5-10-15-16(11-12)28-20(17(15)19(25)21-2)22-18(24)13-6-8-14(9-7-13)29(26,27)23(3)4/h6-9,12H,5,10-11H2,1-4H3,(H,21,25)(H,22,24)/t12-/m0/s1. The van der Waals surface area contributed by atoms with Gasteiger partial charge in [-0.05, 0) is 55.0 Å². The molecule has 156 valence electrons. The van der Waals surface area contributed by atoms with Gasteiger partial charge in [0.2, 0.25) is 10.0 Å². The molecule has 9 heteroatoms. The molecule has 2 N–H and O–H groups in total. The summed E-state index contributed by atoms with van der Waals surface area (Å²) in [6.45, 7) is 2.18. The highest BCUT2D eigenvalue weighted by atomic mass is 32.2. The Balaban J connectivity index is 1.88. The Bertz CT molecular complexity index is 1040. The van der Waals surface area contributed by atoms with Gasteiger partial charge in [-0.3, -0.25) is 9.59 Å². The second kappa shape index (κ2) is 8.25. The van der Waals surface area contributed by atoms with E-state index in [9.17, 15) is 18.0 Å². The first-order valence-electron chi connectivity index (χ1n) is 9.35. The number of carbonyl (C=O) groups is 2. The lowest BCUT2D eigenvalue weighted by atomic mass is 9.88. The predicted octanol–water partition coefficient (Wildman–Crippen LogP) is 2.74. The Morgan fingerprint density at radius 1 is 1.14 bits per heavy atom. The van der Waals surface area contributed by atoms with Crippen LogP contribution >= 0.6 is 11.3 Å². The molecule has 0 bridgehead atoms. The van der Waals surface area contributed by atoms with Crippen LogP contribution in [-0.4, -0.2) is 45.7 Å². The number of anilines is 1. The van der Waals surface area contributed by atoms with Crippen molar-refractivity contribution in [1.82, 2.24) is 9.62 Å². The van der Waals surface area contributed by atoms with Gasteiger partial charge >= 0.3 is 0 Å². The molecule has 0 unspecified atom stereocenters. The van der Waals surface area contributed by atoms with Crippen molar-refractivity contribution in [2.45, 2.75) is 31.1 Å². The third kappa shape index (κ3) is 4.22. The van der Waals surface area contributed by atoms with Gasteiger partial charge in [0.25, 0.3) is 11.8 Å². The molecule has 2 amide bonds. The van der Waals surface area contributed by atoms with Crippen LogP contribution in [0.15, 0.2) is 29.2 Å². The van der Waals surface area contributed by atoms with E-state index in [2.05, 4.69) is 17.6 Å². The summed E-state index contributed by atoms with van der Waals surface area (Å²) in [6, 6.07) is 5.76. The molecule has 29 heavy (non-hydrogen) atoms. The summed E-state index contributed by atoms with van der Waals surface area (Å²) in [5.74, 6) is -0.0381. The molecule has 1 heterocycles. The van der Waals surface area contributed by atoms with Crippen molar-refractivity contribution in [2.24, 2.45) is 5.92 Å². The average Bonchev–Trinajstić information content (AvgIpc) is 3.04. The number of sulfonamides is 1. The minimum Gasteiger partial charge on any atom is -0.355 e. The fraction of sp³-hybridized carbons (Fsp3) is 0.400. The van der Waals surface area contributed by atoms with Crippen molar-refractivity contribution < 1.29 is 18.0 Å². The Morgan fingerprint density at radius 2 is 1.79 bits per heavy atom. The van der Waals surface area contributed by atoms with Crippen LogP contribution < -0.4 is 10.6 Å². The molecule has 1 aromatic heterocycles. The molecule has 0 saturated carbocycles. The van der Waals surface area contributed by atoms with E-state index in [-0.39, 0.29) is 16.7 Å². The van der Waals surface area contributed by atoms with Crippen LogP contribution in [0.25, 0.3) is 0 Å². The second-order valence-electron chi connectivity index (χ2n) is 7.40. The molecule has 2 aromatic rings. The third-order valence-corrected chi connectivity index (χ3v) is 8.09. The summed E-state index contributed by atoms with van der Waals surface area (Å²) in [6.07, 6.45) is 2.74. The van der Waals surface area contributed by atoms with Gasteiger partial charge in [0.05, 0.1) is 10.5 Å². The number of nitrogens with one attached hydrogen (secondary N) is 2. The van der Waals surface area contributed by atoms with E-state index >= 15 is 0 Å². The van der Waals surface area contributed by atoms with E-state index in [1.165, 1.54) is 49.7 Å². The summed E-state index contributed by atoms with van der Waals surface area (Å²) in [5.41, 5.74) is 1.89. The Kier molecular flexibility index (Phi) is 6.11. The lowest BCUT2D eigenvalue weighted by Crippen LogP contribution is -2.23. The minimum atomic E-state index is -3.56. The zero-order valence-corrected chi connectivity index (χ0v) is 18.5. The summed E-state index contributed by atoms with van der Waals surface area (Å²) in [7, 11) is 0.929. The van der Waals surface area contributed by atoms with Crippen LogP contribution in [0, 0.1) is 5.92 Å². The van der Waals surface area contributed by atoms with E-state index in [1.807, 2.05) is 0 Å². The first kappa shape index (κ1) is 21.5. The SMILES string of the molecule is CNC(=O)c1c(NC(=O)c2ccc(S(=O)(=O)N(C)C)cc2)sc2c1CC[C@H](C)C2. The van der Waals surface area contributed by atoms with Gasteiger partial charge in [0.1, 0.15) is 5.00 Å². The average molecular weight is 436 g/mol. The van der Waals surface area contributed by atoms with Crippen LogP contribution in [0.1, 0.15) is 44.5 Å². The maximum atomic E-state index is 12.8. The van der Waals surface area contributed by atoms with Gasteiger partial charge in [-0.1, -0.05) is 6.92 Å². The topological polar surface area (TPSA) is 95.6 Å². The van der Waals surface area contributed by atoms with Crippen molar-refractivity contribution in [3.63, 3.8) is 0 Å². The first-order chi connectivity index (χ1) is 13.6. The van der Waals surface area contributed by atoms with Crippen molar-refractivity contribution >= 4 is 38.2 Å². The second-order valence-corrected chi connectivity index (χ2v) is 10.7. The molecule has 0 radical (unpaired) electrons. The zero-order valence-electron chi connectivity index (χ0n) is 16.9. The zero-order chi connectivity index (χ0) is 21.3. The number of benzene rings is 1. The lowest BCUT2D eigenvalue weighted by Gasteiger charge is -2.18. The number of thiophene rings is 1. The van der Waals surface area contributed by atoms with Crippen LogP contribution in [0.2, 0.25) is 0 Å². The van der Waals surface area contributed by atoms with Gasteiger partial charge < -0.3 is 10.6 Å². The Labute approximate surface area is 175 Å². The number of nitrogens with zero attached hydrogens (tertiary/aromatic N) is 1. The molecule has 1 atom stereocenters. The molecular weight excluding hydrogens is 410 g/mol. The van der Waals surface area contributed by atoms with Crippen LogP contribution in [0.4, 0.5) is 5.00 Å². The van der Waals surface area contributed by atoms with Crippen LogP contribution in [-0.2, 0) is 22.9 Å². The minimum absolute atomic E-state index is 0.116. The largest absolute Gasteiger partial charge is 0.355 e. The highest BCUT2D eigenvalue weighted by molar-refractivity contribution is 7.89. The van der Waals surface area contributed by atoms with Gasteiger partial charge in [-0.15, -0.1) is 11.3 Å². The summed E-state index contributed by atoms with van der Waals surface area (Å²) >= 11 is 1.45. The molecule has 7 nitrogen and oxygen atoms in total. The normalized spacial score (nSPS) is 16.4. The molecule has 1 aliphatic rings. The van der Waals surface area contributed by atoms with E-state index in [0.29, 0.717) is 22.0 Å². The van der Waals surface area contributed by atoms with Crippen molar-refractivity contribution in [3.8, 4) is 0 Å². The Morgan fingerprint density at radius 3 is 2.38 bits per heavy atom. The summed E-state index contributed by atoms with van der Waals surface area (Å²) in [4.78, 5) is 26.5. The number of hydrogen-bond acceptors (Lipinski definition) is 5. The van der Waals surface area contributed by atoms with Crippen molar-refractivity contribution in [1.29, 1.82) is 0 Å². The van der Waals surface area contributed by atoms with Crippen molar-refractivity contribution in [2.75, 3.05) is 26.5 Å². The number of amides is 2. The smallest absolute Gasteiger partial charge is 0.256 e. The van der Waals surface area contributed by atoms with Gasteiger partial charge in [0.15, 0.2) is 0 Å². The highest BCUT2D eigenvalue weighted by Crippen LogP contribution is 2.39. The fourth-order valence-corrected chi connectivity index (χ4v) is 5.67. The van der Waals surface area contributed by atoms with Crippen molar-refractivity contribution in [3.05, 3.63) is 45.8 Å². The molecule has 1 aliphatic carbocycles. The first-order valence-corrected chi connectivity index (χ1v) is 11.6. The van der Waals surface area contributed by atoms with Gasteiger partial charge in [-0.2, -0.15) is 0 Å². The van der Waals surface area contributed by atoms with Gasteiger partial charge in [0, 0.05) is 31.6 Å². The quantitative estimate of drug-likeness (QED) is 0.755. The molecule has 0 saturated heterocycles. The Hall–Kier alpha value is -2.23. The molecule has 0 fully saturated rings. The maximum absolute atomic E-state index is 12.8. The maximum Gasteiger partial charge on any atom is 0.256 e. The molecule has 0 aliphatic heterocycles. The lowest BCUT2D eigenvalue weighted by molar-refractivity contribution is 0.0963. The van der Waals surface area contributed by atoms with Gasteiger partial charge in [-0.25, -0.2) is 12.7 Å². The number of carbonyl (C=O) groups excluding carboxylic acids is 2. The summed E-state index contributed by atoms with van der Waals surface area (Å²) in [5, 5.41) is 6.06. The van der Waals surface area contributed by atoms with E-state index in [1.54, 1.807) is 7.05 Å². The summed E-state index contributed by atoms with van der Waals surface area (Å²) < 4.78 is 25.5. The predicted molar refractivity (Wildman–Crippen MR) is 114 cm³/mol. The van der Waals surface area contributed by atoms with E-state index in [4.69, 9.17) is 0 Å². The number of fused-ring (bicyclic) bond motifs is 1. The van der Waals surface area contributed by atoms with E-state index < -0.39 is 10.0 Å². The van der Waals surface area contributed by atoms with Crippen LogP contribution in [0.3, 0.4) is 0 Å². The van der Waals surface area contributed by atoms with E-state index in [0.717, 1.165) is 34.0 Å². The fourth-order valence-electron chi connectivity index (χ4n) is 3.37. The molecule has 1 aromatic carbocycles. The van der Waals surface area contributed by atoms with Crippen LogP contribution in [0.5, 0.6) is 0 Å². The molecular formula is C20H25N3O4S2. The number of rotatable bonds is 5. The molecule has 0 spiro atoms. The molecule has 3 rings (SSSR count). The number of hydrogen-bond donors (Lipinski definition) is 2. The monoisotopic (exact) mass is 435 g/mol.